The molecule has 6 heteroatoms. The number of hydrogen-bond donors (Lipinski definition) is 1. The highest BCUT2D eigenvalue weighted by Gasteiger charge is 2.23. The summed E-state index contributed by atoms with van der Waals surface area (Å²) in [7, 11) is 0. The van der Waals surface area contributed by atoms with Crippen LogP contribution in [0.2, 0.25) is 0 Å². The Balaban J connectivity index is 1.63. The summed E-state index contributed by atoms with van der Waals surface area (Å²) in [4.78, 5) is 26.8. The molecule has 0 bridgehead atoms. The molecule has 2 aromatic rings. The van der Waals surface area contributed by atoms with E-state index in [4.69, 9.17) is 0 Å². The Morgan fingerprint density at radius 2 is 1.95 bits per heavy atom. The number of carbonyl (C=O) groups is 1. The first-order valence-electron chi connectivity index (χ1n) is 7.07. The molecule has 1 saturated heterocycles. The molecule has 0 unspecified atom stereocenters. The lowest BCUT2D eigenvalue weighted by atomic mass is 10.1. The summed E-state index contributed by atoms with van der Waals surface area (Å²) < 4.78 is 0. The Labute approximate surface area is 123 Å². The summed E-state index contributed by atoms with van der Waals surface area (Å²) in [6, 6.07) is 7.22. The van der Waals surface area contributed by atoms with Gasteiger partial charge in [0.05, 0.1) is 0 Å². The summed E-state index contributed by atoms with van der Waals surface area (Å²) in [6.45, 7) is 1.64. The Morgan fingerprint density at radius 3 is 2.71 bits per heavy atom. The Hall–Kier alpha value is -2.50. The van der Waals surface area contributed by atoms with Crippen LogP contribution in [0.15, 0.2) is 42.9 Å². The van der Waals surface area contributed by atoms with Crippen LogP contribution in [0.4, 0.5) is 5.95 Å². The van der Waals surface area contributed by atoms with Crippen LogP contribution in [-0.2, 0) is 0 Å². The molecule has 0 aromatic carbocycles. The van der Waals surface area contributed by atoms with E-state index in [-0.39, 0.29) is 11.9 Å². The predicted octanol–water partition coefficient (Wildman–Crippen LogP) is 1.27. The highest BCUT2D eigenvalue weighted by Crippen LogP contribution is 2.15. The number of piperidine rings is 1. The van der Waals surface area contributed by atoms with Crippen LogP contribution >= 0.6 is 0 Å². The normalized spacial score (nSPS) is 18.3. The van der Waals surface area contributed by atoms with Crippen LogP contribution < -0.4 is 10.2 Å². The van der Waals surface area contributed by atoms with Gasteiger partial charge in [0.2, 0.25) is 5.95 Å². The summed E-state index contributed by atoms with van der Waals surface area (Å²) in [5, 5.41) is 3.04. The average Bonchev–Trinajstić information content (AvgIpc) is 2.57. The van der Waals surface area contributed by atoms with Gasteiger partial charge < -0.3 is 10.2 Å². The lowest BCUT2D eigenvalue weighted by Gasteiger charge is -2.33. The molecular formula is C15H17N5O. The second-order valence-corrected chi connectivity index (χ2v) is 5.02. The van der Waals surface area contributed by atoms with E-state index in [0.717, 1.165) is 25.9 Å². The molecule has 0 radical (unpaired) electrons. The number of nitrogens with zero attached hydrogens (tertiary/aromatic N) is 4. The summed E-state index contributed by atoms with van der Waals surface area (Å²) in [5.74, 6) is 0.589. The van der Waals surface area contributed by atoms with E-state index in [2.05, 4.69) is 25.2 Å². The molecule has 1 atom stereocenters. The molecule has 1 fully saturated rings. The van der Waals surface area contributed by atoms with Crippen LogP contribution in [0, 0.1) is 0 Å². The summed E-state index contributed by atoms with van der Waals surface area (Å²) in [6.07, 6.45) is 7.06. The predicted molar refractivity (Wildman–Crippen MR) is 79.0 cm³/mol. The number of carbonyl (C=O) groups excluding carboxylic acids is 1. The lowest BCUT2D eigenvalue weighted by molar-refractivity contribution is 0.0928. The third-order valence-electron chi connectivity index (χ3n) is 3.49. The van der Waals surface area contributed by atoms with Gasteiger partial charge in [0, 0.05) is 37.7 Å². The van der Waals surface area contributed by atoms with Crippen molar-refractivity contribution in [1.82, 2.24) is 20.3 Å². The zero-order chi connectivity index (χ0) is 14.5. The van der Waals surface area contributed by atoms with Gasteiger partial charge in [-0.05, 0) is 31.0 Å². The van der Waals surface area contributed by atoms with Crippen LogP contribution in [0.25, 0.3) is 0 Å². The SMILES string of the molecule is O=C(N[C@@H]1CCCN(c2ncccn2)C1)c1ccccn1. The number of amides is 1. The van der Waals surface area contributed by atoms with Crippen molar-refractivity contribution in [2.45, 2.75) is 18.9 Å². The maximum absolute atomic E-state index is 12.1. The first-order chi connectivity index (χ1) is 10.3. The quantitative estimate of drug-likeness (QED) is 0.918. The number of pyridine rings is 1. The zero-order valence-corrected chi connectivity index (χ0v) is 11.6. The van der Waals surface area contributed by atoms with Crippen LogP contribution in [0.3, 0.4) is 0 Å². The van der Waals surface area contributed by atoms with Gasteiger partial charge in [-0.3, -0.25) is 9.78 Å². The lowest BCUT2D eigenvalue weighted by Crippen LogP contribution is -2.48. The third kappa shape index (κ3) is 3.34. The molecule has 2 aromatic heterocycles. The van der Waals surface area contributed by atoms with Crippen molar-refractivity contribution in [3.05, 3.63) is 48.5 Å². The number of aromatic nitrogens is 3. The van der Waals surface area contributed by atoms with Gasteiger partial charge in [-0.2, -0.15) is 0 Å². The molecular weight excluding hydrogens is 266 g/mol. The second-order valence-electron chi connectivity index (χ2n) is 5.02. The standard InChI is InChI=1S/C15H17N5O/c21-14(13-6-1-2-7-16-13)19-12-5-3-10-20(11-12)15-17-8-4-9-18-15/h1-2,4,6-9,12H,3,5,10-11H2,(H,19,21)/t12-/m1/s1. The van der Waals surface area contributed by atoms with E-state index < -0.39 is 0 Å². The van der Waals surface area contributed by atoms with Gasteiger partial charge in [0.25, 0.3) is 5.91 Å². The van der Waals surface area contributed by atoms with Gasteiger partial charge in [0.1, 0.15) is 5.69 Å². The van der Waals surface area contributed by atoms with Gasteiger partial charge in [-0.1, -0.05) is 6.07 Å². The maximum Gasteiger partial charge on any atom is 0.270 e. The second kappa shape index (κ2) is 6.30. The van der Waals surface area contributed by atoms with Crippen molar-refractivity contribution in [3.8, 4) is 0 Å². The number of hydrogen-bond acceptors (Lipinski definition) is 5. The van der Waals surface area contributed by atoms with Crippen molar-refractivity contribution >= 4 is 11.9 Å². The molecule has 3 rings (SSSR count). The topological polar surface area (TPSA) is 71.0 Å². The summed E-state index contributed by atoms with van der Waals surface area (Å²) in [5.41, 5.74) is 0.450. The molecule has 0 aliphatic carbocycles. The monoisotopic (exact) mass is 283 g/mol. The maximum atomic E-state index is 12.1. The largest absolute Gasteiger partial charge is 0.346 e. The van der Waals surface area contributed by atoms with E-state index in [1.165, 1.54) is 0 Å². The van der Waals surface area contributed by atoms with E-state index in [9.17, 15) is 4.79 Å². The van der Waals surface area contributed by atoms with Crippen molar-refractivity contribution < 1.29 is 4.79 Å². The first-order valence-corrected chi connectivity index (χ1v) is 7.07. The third-order valence-corrected chi connectivity index (χ3v) is 3.49. The fraction of sp³-hybridized carbons (Fsp3) is 0.333. The van der Waals surface area contributed by atoms with E-state index >= 15 is 0 Å². The highest BCUT2D eigenvalue weighted by atomic mass is 16.1. The number of nitrogens with one attached hydrogen (secondary N) is 1. The molecule has 3 heterocycles. The van der Waals surface area contributed by atoms with Gasteiger partial charge in [0.15, 0.2) is 0 Å². The van der Waals surface area contributed by atoms with Gasteiger partial charge in [-0.15, -0.1) is 0 Å². The van der Waals surface area contributed by atoms with Crippen LogP contribution in [-0.4, -0.2) is 40.0 Å². The average molecular weight is 283 g/mol. The van der Waals surface area contributed by atoms with Crippen molar-refractivity contribution in [3.63, 3.8) is 0 Å². The highest BCUT2D eigenvalue weighted by molar-refractivity contribution is 5.92. The molecule has 1 aliphatic heterocycles. The Bertz CT molecular complexity index is 590. The minimum atomic E-state index is -0.128. The number of anilines is 1. The molecule has 21 heavy (non-hydrogen) atoms. The minimum absolute atomic E-state index is 0.0945. The fourth-order valence-corrected chi connectivity index (χ4v) is 2.49. The number of rotatable bonds is 3. The minimum Gasteiger partial charge on any atom is -0.346 e. The van der Waals surface area contributed by atoms with Crippen molar-refractivity contribution in [1.29, 1.82) is 0 Å². The van der Waals surface area contributed by atoms with Gasteiger partial charge in [-0.25, -0.2) is 9.97 Å². The molecule has 1 N–H and O–H groups in total. The van der Waals surface area contributed by atoms with Crippen LogP contribution in [0.1, 0.15) is 23.3 Å². The van der Waals surface area contributed by atoms with Crippen LogP contribution in [0.5, 0.6) is 0 Å². The van der Waals surface area contributed by atoms with E-state index in [1.54, 1.807) is 36.8 Å². The zero-order valence-electron chi connectivity index (χ0n) is 11.6. The van der Waals surface area contributed by atoms with E-state index in [0.29, 0.717) is 11.6 Å². The van der Waals surface area contributed by atoms with Gasteiger partial charge >= 0.3 is 0 Å². The Morgan fingerprint density at radius 1 is 1.14 bits per heavy atom. The molecule has 6 nitrogen and oxygen atoms in total. The molecule has 1 amide bonds. The first kappa shape index (κ1) is 13.5. The molecule has 1 aliphatic rings. The molecule has 108 valence electrons. The van der Waals surface area contributed by atoms with Crippen molar-refractivity contribution in [2.75, 3.05) is 18.0 Å². The molecule has 0 saturated carbocycles. The fourth-order valence-electron chi connectivity index (χ4n) is 2.49. The Kier molecular flexibility index (Phi) is 4.04. The van der Waals surface area contributed by atoms with Crippen molar-refractivity contribution in [2.24, 2.45) is 0 Å². The smallest absolute Gasteiger partial charge is 0.270 e. The summed E-state index contributed by atoms with van der Waals surface area (Å²) >= 11 is 0. The van der Waals surface area contributed by atoms with E-state index in [1.807, 2.05) is 6.07 Å². The molecule has 0 spiro atoms.